The summed E-state index contributed by atoms with van der Waals surface area (Å²) in [5.74, 6) is -0.265. The molecule has 1 aromatic carbocycles. The molecule has 1 amide bonds. The van der Waals surface area contributed by atoms with Crippen LogP contribution in [0.15, 0.2) is 24.3 Å². The number of ether oxygens (including phenoxy) is 2. The van der Waals surface area contributed by atoms with Crippen LogP contribution in [0.4, 0.5) is 10.5 Å². The molecule has 8 nitrogen and oxygen atoms in total. The Labute approximate surface area is 204 Å². The van der Waals surface area contributed by atoms with Gasteiger partial charge in [-0.25, -0.2) is 13.2 Å². The summed E-state index contributed by atoms with van der Waals surface area (Å²) in [6.07, 6.45) is 1.23. The van der Waals surface area contributed by atoms with Gasteiger partial charge in [-0.3, -0.25) is 4.72 Å². The van der Waals surface area contributed by atoms with Crippen molar-refractivity contribution in [2.24, 2.45) is 11.8 Å². The average molecular weight is 497 g/mol. The predicted octanol–water partition coefficient (Wildman–Crippen LogP) is 4.14. The first-order valence-corrected chi connectivity index (χ1v) is 13.6. The third kappa shape index (κ3) is 7.85. The van der Waals surface area contributed by atoms with Crippen LogP contribution >= 0.6 is 0 Å². The normalized spacial score (nSPS) is 21.3. The monoisotopic (exact) mass is 496 g/mol. The van der Waals surface area contributed by atoms with Crippen LogP contribution < -0.4 is 4.72 Å². The molecule has 2 N–H and O–H groups in total. The SMILES string of the molecule is CC(C)(C)OC(=O)N1CC[C@H]([C@H](Cc2cccc(NS(=O)(=O)C3CC3)c2)C(O)OC(C)(C)C)C1. The van der Waals surface area contributed by atoms with Crippen molar-refractivity contribution in [2.75, 3.05) is 17.8 Å². The van der Waals surface area contributed by atoms with Gasteiger partial charge in [0.15, 0.2) is 6.29 Å². The van der Waals surface area contributed by atoms with Gasteiger partial charge in [0.05, 0.1) is 10.9 Å². The molecule has 2 fully saturated rings. The lowest BCUT2D eigenvalue weighted by atomic mass is 9.85. The highest BCUT2D eigenvalue weighted by Crippen LogP contribution is 2.34. The Morgan fingerprint density at radius 3 is 2.41 bits per heavy atom. The lowest BCUT2D eigenvalue weighted by Gasteiger charge is -2.33. The van der Waals surface area contributed by atoms with E-state index < -0.39 is 27.5 Å². The van der Waals surface area contributed by atoms with Crippen molar-refractivity contribution in [2.45, 2.75) is 90.0 Å². The van der Waals surface area contributed by atoms with Crippen molar-refractivity contribution in [3.8, 4) is 0 Å². The van der Waals surface area contributed by atoms with Gasteiger partial charge in [-0.15, -0.1) is 0 Å². The van der Waals surface area contributed by atoms with Crippen molar-refractivity contribution < 1.29 is 27.8 Å². The standard InChI is InChI=1S/C25H40N2O6S/c1-24(2,3)32-22(28)21(18-12-13-27(16-18)23(29)33-25(4,5)6)15-17-8-7-9-19(14-17)26-34(30,31)20-10-11-20/h7-9,14,18,20-22,26,28H,10-13,15-16H2,1-6H3/t18-,21-,22?/m0/s1. The molecule has 1 saturated heterocycles. The van der Waals surface area contributed by atoms with Crippen molar-refractivity contribution >= 4 is 21.8 Å². The number of rotatable bonds is 8. The number of nitrogens with zero attached hydrogens (tertiary/aromatic N) is 1. The van der Waals surface area contributed by atoms with Gasteiger partial charge in [0.1, 0.15) is 5.60 Å². The molecule has 9 heteroatoms. The number of aliphatic hydroxyl groups excluding tert-OH is 1. The summed E-state index contributed by atoms with van der Waals surface area (Å²) in [6, 6.07) is 7.29. The van der Waals surface area contributed by atoms with Gasteiger partial charge >= 0.3 is 6.09 Å². The molecule has 1 heterocycles. The minimum Gasteiger partial charge on any atom is -0.444 e. The topological polar surface area (TPSA) is 105 Å². The molecule has 192 valence electrons. The van der Waals surface area contributed by atoms with E-state index in [1.165, 1.54) is 0 Å². The van der Waals surface area contributed by atoms with Gasteiger partial charge in [0.2, 0.25) is 10.0 Å². The number of nitrogens with one attached hydrogen (secondary N) is 1. The summed E-state index contributed by atoms with van der Waals surface area (Å²) in [5.41, 5.74) is 0.310. The Balaban J connectivity index is 1.75. The van der Waals surface area contributed by atoms with Crippen LogP contribution in [0, 0.1) is 11.8 Å². The second-order valence-electron chi connectivity index (χ2n) is 11.5. The van der Waals surface area contributed by atoms with E-state index in [1.54, 1.807) is 11.0 Å². The molecular weight excluding hydrogens is 456 g/mol. The minimum atomic E-state index is -3.36. The number of anilines is 1. The highest BCUT2D eigenvalue weighted by atomic mass is 32.2. The molecule has 3 rings (SSSR count). The Kier molecular flexibility index (Phi) is 7.89. The summed E-state index contributed by atoms with van der Waals surface area (Å²) < 4.78 is 38.8. The Bertz CT molecular complexity index is 962. The summed E-state index contributed by atoms with van der Waals surface area (Å²) in [7, 11) is -3.36. The number of hydrogen-bond acceptors (Lipinski definition) is 6. The molecule has 1 aliphatic heterocycles. The minimum absolute atomic E-state index is 0.0108. The van der Waals surface area contributed by atoms with Gasteiger partial charge < -0.3 is 19.5 Å². The van der Waals surface area contributed by atoms with E-state index in [0.717, 1.165) is 12.0 Å². The zero-order valence-electron chi connectivity index (χ0n) is 21.2. The van der Waals surface area contributed by atoms with Crippen molar-refractivity contribution in [3.63, 3.8) is 0 Å². The third-order valence-electron chi connectivity index (χ3n) is 5.94. The maximum Gasteiger partial charge on any atom is 0.410 e. The van der Waals surface area contributed by atoms with Crippen molar-refractivity contribution in [1.82, 2.24) is 4.90 Å². The number of amides is 1. The molecule has 0 aromatic heterocycles. The number of benzene rings is 1. The molecule has 0 spiro atoms. The van der Waals surface area contributed by atoms with Gasteiger partial charge in [-0.05, 0) is 90.8 Å². The Morgan fingerprint density at radius 1 is 1.15 bits per heavy atom. The lowest BCUT2D eigenvalue weighted by molar-refractivity contribution is -0.199. The lowest BCUT2D eigenvalue weighted by Crippen LogP contribution is -2.40. The highest BCUT2D eigenvalue weighted by molar-refractivity contribution is 7.93. The molecule has 34 heavy (non-hydrogen) atoms. The van der Waals surface area contributed by atoms with Crippen molar-refractivity contribution in [1.29, 1.82) is 0 Å². The average Bonchev–Trinajstić information content (AvgIpc) is 3.42. The third-order valence-corrected chi connectivity index (χ3v) is 7.81. The molecular formula is C25H40N2O6S. The summed E-state index contributed by atoms with van der Waals surface area (Å²) in [5, 5.41) is 10.7. The van der Waals surface area contributed by atoms with Crippen molar-refractivity contribution in [3.05, 3.63) is 29.8 Å². The van der Waals surface area contributed by atoms with Crippen LogP contribution in [0.2, 0.25) is 0 Å². The fourth-order valence-electron chi connectivity index (χ4n) is 4.24. The van der Waals surface area contributed by atoms with E-state index in [0.29, 0.717) is 38.0 Å². The summed E-state index contributed by atoms with van der Waals surface area (Å²) in [4.78, 5) is 14.3. The van der Waals surface area contributed by atoms with Gasteiger partial charge in [-0.2, -0.15) is 0 Å². The largest absolute Gasteiger partial charge is 0.444 e. The van der Waals surface area contributed by atoms with E-state index in [-0.39, 0.29) is 23.2 Å². The molecule has 1 aromatic rings. The van der Waals surface area contributed by atoms with E-state index in [2.05, 4.69) is 4.72 Å². The molecule has 2 aliphatic rings. The first-order chi connectivity index (χ1) is 15.6. The second-order valence-corrected chi connectivity index (χ2v) is 13.5. The van der Waals surface area contributed by atoms with Crippen LogP contribution in [0.3, 0.4) is 0 Å². The Morgan fingerprint density at radius 2 is 1.82 bits per heavy atom. The van der Waals surface area contributed by atoms with E-state index in [9.17, 15) is 18.3 Å². The molecule has 1 aliphatic carbocycles. The van der Waals surface area contributed by atoms with Crippen LogP contribution in [0.5, 0.6) is 0 Å². The Hall–Kier alpha value is -1.84. The summed E-state index contributed by atoms with van der Waals surface area (Å²) >= 11 is 0. The summed E-state index contributed by atoms with van der Waals surface area (Å²) in [6.45, 7) is 12.2. The number of likely N-dealkylation sites (tertiary alicyclic amines) is 1. The molecule has 1 saturated carbocycles. The quantitative estimate of drug-likeness (QED) is 0.524. The zero-order valence-corrected chi connectivity index (χ0v) is 22.0. The number of carbonyl (C=O) groups is 1. The number of carbonyl (C=O) groups excluding carboxylic acids is 1. The first kappa shape index (κ1) is 26.8. The zero-order chi connectivity index (χ0) is 25.3. The van der Waals surface area contributed by atoms with E-state index >= 15 is 0 Å². The van der Waals surface area contributed by atoms with Gasteiger partial charge in [0, 0.05) is 24.7 Å². The fraction of sp³-hybridized carbons (Fsp3) is 0.720. The molecule has 0 bridgehead atoms. The number of aliphatic hydroxyl groups is 1. The number of hydrogen-bond donors (Lipinski definition) is 2. The smallest absolute Gasteiger partial charge is 0.410 e. The van der Waals surface area contributed by atoms with Gasteiger partial charge in [-0.1, -0.05) is 12.1 Å². The molecule has 0 radical (unpaired) electrons. The van der Waals surface area contributed by atoms with E-state index in [4.69, 9.17) is 9.47 Å². The highest BCUT2D eigenvalue weighted by Gasteiger charge is 2.39. The maximum absolute atomic E-state index is 12.6. The van der Waals surface area contributed by atoms with E-state index in [1.807, 2.05) is 59.7 Å². The molecule has 3 atom stereocenters. The van der Waals surface area contributed by atoms with Crippen LogP contribution in [0.1, 0.15) is 66.4 Å². The maximum atomic E-state index is 12.6. The van der Waals surface area contributed by atoms with Crippen LogP contribution in [-0.2, 0) is 25.9 Å². The predicted molar refractivity (Wildman–Crippen MR) is 132 cm³/mol. The second kappa shape index (κ2) is 10.0. The fourth-order valence-corrected chi connectivity index (χ4v) is 5.62. The first-order valence-electron chi connectivity index (χ1n) is 12.1. The molecule has 1 unspecified atom stereocenters. The van der Waals surface area contributed by atoms with Gasteiger partial charge in [0.25, 0.3) is 0 Å². The van der Waals surface area contributed by atoms with Crippen LogP contribution in [0.25, 0.3) is 0 Å². The number of sulfonamides is 1. The van der Waals surface area contributed by atoms with Crippen LogP contribution in [-0.4, -0.2) is 60.3 Å².